The predicted molar refractivity (Wildman–Crippen MR) is 61.8 cm³/mol. The minimum Gasteiger partial charge on any atom is -0.384 e. The van der Waals surface area contributed by atoms with Gasteiger partial charge in [0.1, 0.15) is 5.78 Å². The van der Waals surface area contributed by atoms with Gasteiger partial charge >= 0.3 is 0 Å². The molecule has 1 rings (SSSR count). The van der Waals surface area contributed by atoms with Crippen molar-refractivity contribution in [2.45, 2.75) is 46.0 Å². The van der Waals surface area contributed by atoms with Crippen molar-refractivity contribution < 1.29 is 9.53 Å². The van der Waals surface area contributed by atoms with Gasteiger partial charge in [0.2, 0.25) is 0 Å². The highest BCUT2D eigenvalue weighted by molar-refractivity contribution is 5.81. The zero-order chi connectivity index (χ0) is 11.3. The van der Waals surface area contributed by atoms with Crippen LogP contribution in [0.1, 0.15) is 46.0 Å². The van der Waals surface area contributed by atoms with Crippen LogP contribution >= 0.6 is 0 Å². The summed E-state index contributed by atoms with van der Waals surface area (Å²) in [6.07, 6.45) is 5.46. The van der Waals surface area contributed by atoms with E-state index in [0.29, 0.717) is 30.6 Å². The third-order valence-electron chi connectivity index (χ3n) is 3.39. The Bertz CT molecular complexity index is 201. The molecule has 0 spiro atoms. The van der Waals surface area contributed by atoms with E-state index >= 15 is 0 Å². The highest BCUT2D eigenvalue weighted by atomic mass is 16.5. The molecule has 88 valence electrons. The predicted octanol–water partition coefficient (Wildman–Crippen LogP) is 3.05. The number of ether oxygens (including phenoxy) is 1. The summed E-state index contributed by atoms with van der Waals surface area (Å²) < 4.78 is 5.06. The van der Waals surface area contributed by atoms with Crippen LogP contribution in [0.3, 0.4) is 0 Å². The van der Waals surface area contributed by atoms with E-state index in [1.807, 2.05) is 0 Å². The maximum Gasteiger partial charge on any atom is 0.136 e. The number of carbonyl (C=O) groups is 1. The van der Waals surface area contributed by atoms with E-state index in [0.717, 1.165) is 18.8 Å². The fourth-order valence-corrected chi connectivity index (χ4v) is 2.58. The average molecular weight is 212 g/mol. The second-order valence-corrected chi connectivity index (χ2v) is 5.20. The number of hydrogen-bond donors (Lipinski definition) is 0. The molecule has 0 aromatic heterocycles. The Balaban J connectivity index is 2.32. The summed E-state index contributed by atoms with van der Waals surface area (Å²) >= 11 is 0. The molecule has 15 heavy (non-hydrogen) atoms. The number of rotatable bonds is 5. The Labute approximate surface area is 93.4 Å². The van der Waals surface area contributed by atoms with E-state index in [9.17, 15) is 4.79 Å². The first-order chi connectivity index (χ1) is 7.13. The van der Waals surface area contributed by atoms with Crippen LogP contribution in [0.4, 0.5) is 0 Å². The van der Waals surface area contributed by atoms with Crippen LogP contribution in [0.5, 0.6) is 0 Å². The molecule has 1 saturated carbocycles. The molecule has 0 aliphatic heterocycles. The zero-order valence-electron chi connectivity index (χ0n) is 10.3. The van der Waals surface area contributed by atoms with Gasteiger partial charge in [-0.1, -0.05) is 26.7 Å². The smallest absolute Gasteiger partial charge is 0.136 e. The van der Waals surface area contributed by atoms with E-state index in [4.69, 9.17) is 4.74 Å². The van der Waals surface area contributed by atoms with Crippen molar-refractivity contribution in [2.75, 3.05) is 13.7 Å². The summed E-state index contributed by atoms with van der Waals surface area (Å²) in [6.45, 7) is 5.06. The summed E-state index contributed by atoms with van der Waals surface area (Å²) in [4.78, 5) is 12.0. The lowest BCUT2D eigenvalue weighted by Gasteiger charge is -2.26. The molecule has 2 heteroatoms. The standard InChI is InChI=1S/C13H24O2/c1-10-5-4-6-12(7-10)13(14)8-11(2)9-15-3/h10-12H,4-9H2,1-3H3. The van der Waals surface area contributed by atoms with Crippen molar-refractivity contribution in [3.8, 4) is 0 Å². The number of ketones is 1. The van der Waals surface area contributed by atoms with Gasteiger partial charge in [0.05, 0.1) is 0 Å². The van der Waals surface area contributed by atoms with Gasteiger partial charge in [-0.15, -0.1) is 0 Å². The van der Waals surface area contributed by atoms with Crippen LogP contribution in [-0.4, -0.2) is 19.5 Å². The quantitative estimate of drug-likeness (QED) is 0.700. The first-order valence-electron chi connectivity index (χ1n) is 6.15. The minimum atomic E-state index is 0.341. The molecule has 0 aromatic rings. The van der Waals surface area contributed by atoms with Gasteiger partial charge in [0.15, 0.2) is 0 Å². The molecule has 2 nitrogen and oxygen atoms in total. The van der Waals surface area contributed by atoms with Gasteiger partial charge in [-0.3, -0.25) is 4.79 Å². The van der Waals surface area contributed by atoms with Gasteiger partial charge in [-0.25, -0.2) is 0 Å². The first-order valence-corrected chi connectivity index (χ1v) is 6.15. The van der Waals surface area contributed by atoms with Crippen LogP contribution in [0, 0.1) is 17.8 Å². The highest BCUT2D eigenvalue weighted by Gasteiger charge is 2.25. The van der Waals surface area contributed by atoms with E-state index in [1.165, 1.54) is 12.8 Å². The molecule has 0 N–H and O–H groups in total. The molecule has 1 fully saturated rings. The number of carbonyl (C=O) groups excluding carboxylic acids is 1. The van der Waals surface area contributed by atoms with Crippen molar-refractivity contribution in [3.05, 3.63) is 0 Å². The maximum atomic E-state index is 12.0. The topological polar surface area (TPSA) is 26.3 Å². The molecule has 3 unspecified atom stereocenters. The largest absolute Gasteiger partial charge is 0.384 e. The molecular formula is C13H24O2. The Hall–Kier alpha value is -0.370. The van der Waals surface area contributed by atoms with E-state index in [1.54, 1.807) is 7.11 Å². The van der Waals surface area contributed by atoms with Gasteiger partial charge in [0, 0.05) is 26.1 Å². The van der Waals surface area contributed by atoms with Crippen LogP contribution < -0.4 is 0 Å². The normalized spacial score (nSPS) is 28.7. The van der Waals surface area contributed by atoms with E-state index < -0.39 is 0 Å². The third-order valence-corrected chi connectivity index (χ3v) is 3.39. The summed E-state index contributed by atoms with van der Waals surface area (Å²) in [5, 5.41) is 0. The molecule has 0 radical (unpaired) electrons. The molecule has 0 bridgehead atoms. The molecule has 1 aliphatic carbocycles. The minimum absolute atomic E-state index is 0.341. The molecule has 3 atom stereocenters. The third kappa shape index (κ3) is 4.33. The van der Waals surface area contributed by atoms with Gasteiger partial charge in [-0.2, -0.15) is 0 Å². The highest BCUT2D eigenvalue weighted by Crippen LogP contribution is 2.30. The van der Waals surface area contributed by atoms with E-state index in [2.05, 4.69) is 13.8 Å². The van der Waals surface area contributed by atoms with Gasteiger partial charge < -0.3 is 4.74 Å². The lowest BCUT2D eigenvalue weighted by Crippen LogP contribution is -2.24. The molecule has 0 amide bonds. The van der Waals surface area contributed by atoms with Crippen molar-refractivity contribution in [2.24, 2.45) is 17.8 Å². The fraction of sp³-hybridized carbons (Fsp3) is 0.923. The maximum absolute atomic E-state index is 12.0. The monoisotopic (exact) mass is 212 g/mol. The van der Waals surface area contributed by atoms with Crippen LogP contribution in [0.15, 0.2) is 0 Å². The molecular weight excluding hydrogens is 188 g/mol. The van der Waals surface area contributed by atoms with Crippen molar-refractivity contribution in [1.29, 1.82) is 0 Å². The summed E-state index contributed by atoms with van der Waals surface area (Å²) in [6, 6.07) is 0. The lowest BCUT2D eigenvalue weighted by molar-refractivity contribution is -0.125. The Morgan fingerprint density at radius 3 is 2.80 bits per heavy atom. The summed E-state index contributed by atoms with van der Waals surface area (Å²) in [5.74, 6) is 1.92. The summed E-state index contributed by atoms with van der Waals surface area (Å²) in [5.41, 5.74) is 0. The molecule has 0 heterocycles. The Morgan fingerprint density at radius 1 is 1.47 bits per heavy atom. The SMILES string of the molecule is COCC(C)CC(=O)C1CCCC(C)C1. The van der Waals surface area contributed by atoms with Crippen molar-refractivity contribution >= 4 is 5.78 Å². The lowest BCUT2D eigenvalue weighted by atomic mass is 9.78. The van der Waals surface area contributed by atoms with Gasteiger partial charge in [0.25, 0.3) is 0 Å². The number of methoxy groups -OCH3 is 1. The van der Waals surface area contributed by atoms with Crippen LogP contribution in [-0.2, 0) is 9.53 Å². The number of hydrogen-bond acceptors (Lipinski definition) is 2. The Kier molecular flexibility index (Phi) is 5.30. The second-order valence-electron chi connectivity index (χ2n) is 5.20. The van der Waals surface area contributed by atoms with Crippen molar-refractivity contribution in [3.63, 3.8) is 0 Å². The number of Topliss-reactive ketones (excluding diaryl/α,β-unsaturated/α-hetero) is 1. The molecule has 0 saturated heterocycles. The van der Waals surface area contributed by atoms with Crippen LogP contribution in [0.2, 0.25) is 0 Å². The molecule has 1 aliphatic rings. The first kappa shape index (κ1) is 12.7. The van der Waals surface area contributed by atoms with Gasteiger partial charge in [-0.05, 0) is 24.7 Å². The van der Waals surface area contributed by atoms with E-state index in [-0.39, 0.29) is 0 Å². The van der Waals surface area contributed by atoms with Crippen molar-refractivity contribution in [1.82, 2.24) is 0 Å². The summed E-state index contributed by atoms with van der Waals surface area (Å²) in [7, 11) is 1.70. The van der Waals surface area contributed by atoms with Crippen LogP contribution in [0.25, 0.3) is 0 Å². The molecule has 0 aromatic carbocycles. The Morgan fingerprint density at radius 2 is 2.20 bits per heavy atom. The zero-order valence-corrected chi connectivity index (χ0v) is 10.3. The fourth-order valence-electron chi connectivity index (χ4n) is 2.58. The second kappa shape index (κ2) is 6.26. The average Bonchev–Trinajstić information content (AvgIpc) is 2.18.